The molecular weight excluding hydrogens is 307 g/mol. The Morgan fingerprint density at radius 3 is 3.05 bits per heavy atom. The fraction of sp³-hybridized carbons (Fsp3) is 0.375. The standard InChI is InChI=1S/C16H16ClFN2O2/c1-10-8-15(22-19-10)14-6-3-7-20(14)16(21)9-11-12(17)4-2-5-13(11)18/h2,4-5,8,14H,3,6-7,9H2,1H3/t14-/m1/s1. The first-order chi connectivity index (χ1) is 10.6. The van der Waals surface area contributed by atoms with Gasteiger partial charge in [-0.3, -0.25) is 4.79 Å². The van der Waals surface area contributed by atoms with Crippen LogP contribution in [0.1, 0.15) is 35.9 Å². The lowest BCUT2D eigenvalue weighted by atomic mass is 10.1. The normalized spacial score (nSPS) is 18.0. The van der Waals surface area contributed by atoms with E-state index in [1.807, 2.05) is 13.0 Å². The van der Waals surface area contributed by atoms with Crippen molar-refractivity contribution in [2.24, 2.45) is 0 Å². The summed E-state index contributed by atoms with van der Waals surface area (Å²) in [7, 11) is 0. The van der Waals surface area contributed by atoms with Crippen LogP contribution in [0.2, 0.25) is 5.02 Å². The minimum Gasteiger partial charge on any atom is -0.359 e. The van der Waals surface area contributed by atoms with Gasteiger partial charge in [0.2, 0.25) is 5.91 Å². The van der Waals surface area contributed by atoms with Crippen LogP contribution in [0.5, 0.6) is 0 Å². The van der Waals surface area contributed by atoms with Gasteiger partial charge in [0, 0.05) is 23.2 Å². The zero-order valence-corrected chi connectivity index (χ0v) is 12.9. The lowest BCUT2D eigenvalue weighted by Gasteiger charge is -2.23. The molecule has 0 radical (unpaired) electrons. The molecule has 0 unspecified atom stereocenters. The van der Waals surface area contributed by atoms with Crippen LogP contribution in [-0.4, -0.2) is 22.5 Å². The second kappa shape index (κ2) is 6.08. The molecule has 1 amide bonds. The van der Waals surface area contributed by atoms with Gasteiger partial charge in [0.1, 0.15) is 5.82 Å². The number of rotatable bonds is 3. The van der Waals surface area contributed by atoms with Crippen LogP contribution in [-0.2, 0) is 11.2 Å². The highest BCUT2D eigenvalue weighted by Crippen LogP contribution is 2.33. The molecule has 2 aromatic rings. The van der Waals surface area contributed by atoms with Crippen molar-refractivity contribution in [3.63, 3.8) is 0 Å². The Balaban J connectivity index is 1.79. The summed E-state index contributed by atoms with van der Waals surface area (Å²) in [6.45, 7) is 2.47. The van der Waals surface area contributed by atoms with E-state index in [0.29, 0.717) is 12.3 Å². The third-order valence-corrected chi connectivity index (χ3v) is 4.29. The lowest BCUT2D eigenvalue weighted by molar-refractivity contribution is -0.131. The maximum absolute atomic E-state index is 13.8. The maximum atomic E-state index is 13.8. The quantitative estimate of drug-likeness (QED) is 0.866. The van der Waals surface area contributed by atoms with E-state index in [1.54, 1.807) is 11.0 Å². The van der Waals surface area contributed by atoms with Crippen molar-refractivity contribution in [3.8, 4) is 0 Å². The minimum atomic E-state index is -0.452. The smallest absolute Gasteiger partial charge is 0.227 e. The molecule has 6 heteroatoms. The molecule has 1 aliphatic rings. The first kappa shape index (κ1) is 15.0. The van der Waals surface area contributed by atoms with Gasteiger partial charge in [-0.15, -0.1) is 0 Å². The van der Waals surface area contributed by atoms with E-state index in [-0.39, 0.29) is 29.0 Å². The number of nitrogens with zero attached hydrogens (tertiary/aromatic N) is 2. The number of carbonyl (C=O) groups is 1. The monoisotopic (exact) mass is 322 g/mol. The number of carbonyl (C=O) groups excluding carboxylic acids is 1. The van der Waals surface area contributed by atoms with Crippen LogP contribution in [0.3, 0.4) is 0 Å². The maximum Gasteiger partial charge on any atom is 0.227 e. The number of aromatic nitrogens is 1. The fourth-order valence-corrected chi connectivity index (χ4v) is 3.09. The zero-order chi connectivity index (χ0) is 15.7. The predicted octanol–water partition coefficient (Wildman–Crippen LogP) is 3.68. The Morgan fingerprint density at radius 1 is 1.55 bits per heavy atom. The third kappa shape index (κ3) is 2.86. The highest BCUT2D eigenvalue weighted by atomic mass is 35.5. The van der Waals surface area contributed by atoms with Gasteiger partial charge in [-0.1, -0.05) is 22.8 Å². The molecule has 1 aromatic heterocycles. The van der Waals surface area contributed by atoms with Crippen LogP contribution in [0.4, 0.5) is 4.39 Å². The molecule has 116 valence electrons. The molecule has 1 aromatic carbocycles. The van der Waals surface area contributed by atoms with Gasteiger partial charge in [0.05, 0.1) is 18.2 Å². The van der Waals surface area contributed by atoms with Crippen molar-refractivity contribution >= 4 is 17.5 Å². The Labute approximate surface area is 132 Å². The number of hydrogen-bond acceptors (Lipinski definition) is 3. The molecule has 3 rings (SSSR count). The van der Waals surface area contributed by atoms with E-state index in [1.165, 1.54) is 12.1 Å². The summed E-state index contributed by atoms with van der Waals surface area (Å²) in [6, 6.07) is 6.15. The molecule has 0 saturated carbocycles. The molecule has 0 N–H and O–H groups in total. The summed E-state index contributed by atoms with van der Waals surface area (Å²) in [4.78, 5) is 14.3. The Morgan fingerprint density at radius 2 is 2.36 bits per heavy atom. The van der Waals surface area contributed by atoms with Gasteiger partial charge < -0.3 is 9.42 Å². The zero-order valence-electron chi connectivity index (χ0n) is 12.2. The van der Waals surface area contributed by atoms with Crippen molar-refractivity contribution in [1.29, 1.82) is 0 Å². The third-order valence-electron chi connectivity index (χ3n) is 3.94. The van der Waals surface area contributed by atoms with E-state index in [0.717, 1.165) is 18.5 Å². The molecule has 0 spiro atoms. The minimum absolute atomic E-state index is 0.0465. The molecule has 4 nitrogen and oxygen atoms in total. The van der Waals surface area contributed by atoms with E-state index in [9.17, 15) is 9.18 Å². The van der Waals surface area contributed by atoms with Gasteiger partial charge in [0.15, 0.2) is 5.76 Å². The van der Waals surface area contributed by atoms with Crippen LogP contribution in [0, 0.1) is 12.7 Å². The average molecular weight is 323 g/mol. The molecule has 2 heterocycles. The Bertz CT molecular complexity index is 681. The van der Waals surface area contributed by atoms with E-state index in [2.05, 4.69) is 5.16 Å². The predicted molar refractivity (Wildman–Crippen MR) is 80.0 cm³/mol. The molecule has 1 fully saturated rings. The first-order valence-corrected chi connectivity index (χ1v) is 7.59. The number of benzene rings is 1. The highest BCUT2D eigenvalue weighted by Gasteiger charge is 2.33. The van der Waals surface area contributed by atoms with Gasteiger partial charge >= 0.3 is 0 Å². The fourth-order valence-electron chi connectivity index (χ4n) is 2.86. The number of likely N-dealkylation sites (tertiary alicyclic amines) is 1. The second-order valence-electron chi connectivity index (χ2n) is 5.49. The summed E-state index contributed by atoms with van der Waals surface area (Å²) < 4.78 is 19.1. The van der Waals surface area contributed by atoms with Crippen molar-refractivity contribution in [3.05, 3.63) is 52.1 Å². The van der Waals surface area contributed by atoms with Crippen LogP contribution in [0.15, 0.2) is 28.8 Å². The molecule has 1 atom stereocenters. The topological polar surface area (TPSA) is 46.3 Å². The molecule has 0 aliphatic carbocycles. The van der Waals surface area contributed by atoms with Gasteiger partial charge in [-0.2, -0.15) is 0 Å². The average Bonchev–Trinajstić information content (AvgIpc) is 3.11. The largest absolute Gasteiger partial charge is 0.359 e. The van der Waals surface area contributed by atoms with Crippen molar-refractivity contribution < 1.29 is 13.7 Å². The lowest BCUT2D eigenvalue weighted by Crippen LogP contribution is -2.32. The summed E-state index contributed by atoms with van der Waals surface area (Å²) in [5.74, 6) is 0.0821. The van der Waals surface area contributed by atoms with E-state index in [4.69, 9.17) is 16.1 Å². The summed E-state index contributed by atoms with van der Waals surface area (Å²) in [5.41, 5.74) is 1.03. The van der Waals surface area contributed by atoms with Crippen LogP contribution < -0.4 is 0 Å². The summed E-state index contributed by atoms with van der Waals surface area (Å²) >= 11 is 6.00. The molecule has 0 bridgehead atoms. The van der Waals surface area contributed by atoms with Gasteiger partial charge in [0.25, 0.3) is 0 Å². The first-order valence-electron chi connectivity index (χ1n) is 7.22. The Kier molecular flexibility index (Phi) is 4.16. The van der Waals surface area contributed by atoms with Gasteiger partial charge in [-0.05, 0) is 31.9 Å². The molecule has 22 heavy (non-hydrogen) atoms. The number of amides is 1. The van der Waals surface area contributed by atoms with Crippen molar-refractivity contribution in [2.45, 2.75) is 32.2 Å². The number of aryl methyl sites for hydroxylation is 1. The van der Waals surface area contributed by atoms with Crippen molar-refractivity contribution in [2.75, 3.05) is 6.54 Å². The van der Waals surface area contributed by atoms with Gasteiger partial charge in [-0.25, -0.2) is 4.39 Å². The van der Waals surface area contributed by atoms with Crippen LogP contribution >= 0.6 is 11.6 Å². The van der Waals surface area contributed by atoms with E-state index < -0.39 is 5.82 Å². The molecule has 1 aliphatic heterocycles. The second-order valence-corrected chi connectivity index (χ2v) is 5.90. The van der Waals surface area contributed by atoms with Crippen molar-refractivity contribution in [1.82, 2.24) is 10.1 Å². The number of halogens is 2. The summed E-state index contributed by atoms with van der Waals surface area (Å²) in [6.07, 6.45) is 1.67. The summed E-state index contributed by atoms with van der Waals surface area (Å²) in [5, 5.41) is 4.15. The van der Waals surface area contributed by atoms with E-state index >= 15 is 0 Å². The Hall–Kier alpha value is -1.88. The molecular formula is C16H16ClFN2O2. The highest BCUT2D eigenvalue weighted by molar-refractivity contribution is 6.31. The SMILES string of the molecule is Cc1cc([C@H]2CCCN2C(=O)Cc2c(F)cccc2Cl)on1. The molecule has 1 saturated heterocycles. The number of hydrogen-bond donors (Lipinski definition) is 0. The van der Waals surface area contributed by atoms with Crippen LogP contribution in [0.25, 0.3) is 0 Å².